The Morgan fingerprint density at radius 3 is 2.67 bits per heavy atom. The van der Waals surface area contributed by atoms with Gasteiger partial charge < -0.3 is 5.11 Å². The van der Waals surface area contributed by atoms with Crippen LogP contribution in [-0.4, -0.2) is 52.1 Å². The minimum absolute atomic E-state index is 0.00278. The maximum atomic E-state index is 12.9. The molecule has 0 radical (unpaired) electrons. The third-order valence-electron chi connectivity index (χ3n) is 5.12. The Balaban J connectivity index is 1.78. The molecule has 0 aliphatic heterocycles. The molecule has 1 heterocycles. The van der Waals surface area contributed by atoms with Gasteiger partial charge in [-0.05, 0) is 37.6 Å². The number of carbonyl (C=O) groups is 1. The minimum Gasteiger partial charge on any atom is -0.395 e. The largest absolute Gasteiger partial charge is 0.395 e. The first-order chi connectivity index (χ1) is 14.5. The van der Waals surface area contributed by atoms with Crippen LogP contribution in [0.3, 0.4) is 0 Å². The summed E-state index contributed by atoms with van der Waals surface area (Å²) in [5, 5.41) is 20.1. The monoisotopic (exact) mass is 428 g/mol. The summed E-state index contributed by atoms with van der Waals surface area (Å²) in [4.78, 5) is 23.1. The summed E-state index contributed by atoms with van der Waals surface area (Å²) in [5.41, 5.74) is 4.49. The van der Waals surface area contributed by atoms with Crippen molar-refractivity contribution in [2.24, 2.45) is 0 Å². The summed E-state index contributed by atoms with van der Waals surface area (Å²) in [7, 11) is 1.93. The maximum Gasteiger partial charge on any atom is 0.269 e. The lowest BCUT2D eigenvalue weighted by Crippen LogP contribution is -2.48. The van der Waals surface area contributed by atoms with Crippen LogP contribution < -0.4 is 10.4 Å². The van der Waals surface area contributed by atoms with E-state index in [1.807, 2.05) is 30.1 Å². The van der Waals surface area contributed by atoms with Gasteiger partial charge in [-0.1, -0.05) is 36.6 Å². The van der Waals surface area contributed by atoms with Gasteiger partial charge in [-0.3, -0.25) is 20.1 Å². The number of aliphatic hydroxyl groups excluding tert-OH is 1. The highest BCUT2D eigenvalue weighted by atomic mass is 35.5. The molecule has 1 fully saturated rings. The molecule has 0 bridgehead atoms. The van der Waals surface area contributed by atoms with Gasteiger partial charge in [0.1, 0.15) is 11.1 Å². The van der Waals surface area contributed by atoms with Gasteiger partial charge in [-0.15, -0.1) is 0 Å². The molecule has 3 rings (SSSR count). The van der Waals surface area contributed by atoms with Gasteiger partial charge in [0.15, 0.2) is 5.82 Å². The Bertz CT molecular complexity index is 909. The van der Waals surface area contributed by atoms with Gasteiger partial charge in [0.05, 0.1) is 18.8 Å². The number of hydrazine groups is 1. The maximum absolute atomic E-state index is 12.9. The molecule has 2 N–H and O–H groups in total. The van der Waals surface area contributed by atoms with Crippen molar-refractivity contribution in [3.8, 4) is 6.07 Å². The fourth-order valence-corrected chi connectivity index (χ4v) is 3.74. The quantitative estimate of drug-likeness (QED) is 0.622. The molecule has 2 aromatic rings. The molecule has 1 amide bonds. The second kappa shape index (κ2) is 10.3. The topological polar surface area (TPSA) is 105 Å². The average molecular weight is 429 g/mol. The summed E-state index contributed by atoms with van der Waals surface area (Å²) < 4.78 is 0. The Kier molecular flexibility index (Phi) is 7.57. The predicted molar refractivity (Wildman–Crippen MR) is 114 cm³/mol. The highest BCUT2D eigenvalue weighted by molar-refractivity contribution is 6.32. The van der Waals surface area contributed by atoms with Crippen LogP contribution in [0.15, 0.2) is 30.5 Å². The number of nitrogens with one attached hydrogen (secondary N) is 1. The molecule has 30 heavy (non-hydrogen) atoms. The normalized spacial score (nSPS) is 14.0. The summed E-state index contributed by atoms with van der Waals surface area (Å²) >= 11 is 6.30. The summed E-state index contributed by atoms with van der Waals surface area (Å²) in [6.45, 7) is 1.38. The number of hydrogen-bond acceptors (Lipinski definition) is 7. The Labute approximate surface area is 181 Å². The number of likely N-dealkylation sites (N-methyl/N-ethyl adjacent to an activating group) is 1. The lowest BCUT2D eigenvalue weighted by Gasteiger charge is -2.30. The molecule has 0 spiro atoms. The zero-order chi connectivity index (χ0) is 21.5. The Morgan fingerprint density at radius 1 is 1.33 bits per heavy atom. The van der Waals surface area contributed by atoms with Gasteiger partial charge >= 0.3 is 0 Å². The standard InChI is InChI=1S/C21H25ClN6O2/c1-27(10-11-29)14-15-6-8-16(9-7-15)21(30)26-28(17-4-2-3-5-17)20-18(22)13-24-19(12-23)25-20/h6-9,13,17,29H,2-5,10-11,14H2,1H3,(H,26,30). The number of anilines is 1. The first kappa shape index (κ1) is 22.0. The van der Waals surface area contributed by atoms with Crippen LogP contribution in [0.2, 0.25) is 5.02 Å². The van der Waals surface area contributed by atoms with Crippen LogP contribution in [0.25, 0.3) is 0 Å². The average Bonchev–Trinajstić information content (AvgIpc) is 3.28. The van der Waals surface area contributed by atoms with E-state index in [0.717, 1.165) is 31.2 Å². The molecular formula is C21H25ClN6O2. The van der Waals surface area contributed by atoms with E-state index in [-0.39, 0.29) is 29.4 Å². The fraction of sp³-hybridized carbons (Fsp3) is 0.429. The molecule has 9 heteroatoms. The number of nitriles is 1. The first-order valence-electron chi connectivity index (χ1n) is 9.93. The van der Waals surface area contributed by atoms with Gasteiger partial charge in [0.2, 0.25) is 5.82 Å². The number of hydrogen-bond donors (Lipinski definition) is 2. The second-order valence-corrected chi connectivity index (χ2v) is 7.79. The number of halogens is 1. The van der Waals surface area contributed by atoms with E-state index in [4.69, 9.17) is 22.0 Å². The highest BCUT2D eigenvalue weighted by Gasteiger charge is 2.28. The molecule has 0 atom stereocenters. The van der Waals surface area contributed by atoms with Crippen LogP contribution in [-0.2, 0) is 6.54 Å². The fourth-order valence-electron chi connectivity index (χ4n) is 3.56. The van der Waals surface area contributed by atoms with Crippen LogP contribution in [0, 0.1) is 11.3 Å². The van der Waals surface area contributed by atoms with Crippen molar-refractivity contribution in [1.82, 2.24) is 20.3 Å². The molecule has 0 unspecified atom stereocenters. The van der Waals surface area contributed by atoms with E-state index >= 15 is 0 Å². The van der Waals surface area contributed by atoms with Crippen LogP contribution in [0.4, 0.5) is 5.82 Å². The number of rotatable bonds is 8. The van der Waals surface area contributed by atoms with Gasteiger partial charge in [0, 0.05) is 18.7 Å². The van der Waals surface area contributed by atoms with Crippen LogP contribution in [0.1, 0.15) is 47.4 Å². The molecule has 158 valence electrons. The Hall–Kier alpha value is -2.73. The second-order valence-electron chi connectivity index (χ2n) is 7.38. The summed E-state index contributed by atoms with van der Waals surface area (Å²) in [5.74, 6) is 0.0686. The van der Waals surface area contributed by atoms with Crippen molar-refractivity contribution < 1.29 is 9.90 Å². The third kappa shape index (κ3) is 5.45. The van der Waals surface area contributed by atoms with Crippen molar-refractivity contribution in [2.45, 2.75) is 38.3 Å². The van der Waals surface area contributed by atoms with E-state index in [1.165, 1.54) is 6.20 Å². The number of amides is 1. The number of nitrogens with zero attached hydrogens (tertiary/aromatic N) is 5. The van der Waals surface area contributed by atoms with Crippen molar-refractivity contribution in [1.29, 1.82) is 5.26 Å². The molecule has 1 saturated carbocycles. The molecular weight excluding hydrogens is 404 g/mol. The van der Waals surface area contributed by atoms with Crippen LogP contribution >= 0.6 is 11.6 Å². The first-order valence-corrected chi connectivity index (χ1v) is 10.3. The highest BCUT2D eigenvalue weighted by Crippen LogP contribution is 2.30. The summed E-state index contributed by atoms with van der Waals surface area (Å²) in [6.07, 6.45) is 5.30. The van der Waals surface area contributed by atoms with E-state index in [9.17, 15) is 4.79 Å². The lowest BCUT2D eigenvalue weighted by atomic mass is 10.1. The van der Waals surface area contributed by atoms with Crippen molar-refractivity contribution >= 4 is 23.3 Å². The summed E-state index contributed by atoms with van der Waals surface area (Å²) in [6, 6.07) is 9.31. The van der Waals surface area contributed by atoms with Gasteiger partial charge in [0.25, 0.3) is 5.91 Å². The van der Waals surface area contributed by atoms with Crippen LogP contribution in [0.5, 0.6) is 0 Å². The molecule has 0 saturated heterocycles. The number of aliphatic hydroxyl groups is 1. The Morgan fingerprint density at radius 2 is 2.03 bits per heavy atom. The number of benzene rings is 1. The van der Waals surface area contributed by atoms with Gasteiger partial charge in [-0.2, -0.15) is 10.2 Å². The van der Waals surface area contributed by atoms with E-state index in [0.29, 0.717) is 24.5 Å². The van der Waals surface area contributed by atoms with E-state index in [1.54, 1.807) is 17.1 Å². The zero-order valence-corrected chi connectivity index (χ0v) is 17.6. The zero-order valence-electron chi connectivity index (χ0n) is 16.9. The smallest absolute Gasteiger partial charge is 0.269 e. The van der Waals surface area contributed by atoms with Gasteiger partial charge in [-0.25, -0.2) is 4.98 Å². The van der Waals surface area contributed by atoms with Crippen molar-refractivity contribution in [2.75, 3.05) is 25.2 Å². The lowest BCUT2D eigenvalue weighted by molar-refractivity contribution is 0.0944. The molecule has 8 nitrogen and oxygen atoms in total. The molecule has 1 aliphatic carbocycles. The molecule has 1 aromatic heterocycles. The van der Waals surface area contributed by atoms with E-state index in [2.05, 4.69) is 15.4 Å². The molecule has 1 aromatic carbocycles. The number of carbonyl (C=O) groups excluding carboxylic acids is 1. The third-order valence-corrected chi connectivity index (χ3v) is 5.38. The predicted octanol–water partition coefficient (Wildman–Crippen LogP) is 2.52. The molecule has 1 aliphatic rings. The minimum atomic E-state index is -0.273. The SMILES string of the molecule is CN(CCO)Cc1ccc(C(=O)NN(c2nc(C#N)ncc2Cl)C2CCCC2)cc1. The number of aromatic nitrogens is 2. The van der Waals surface area contributed by atoms with Crippen molar-refractivity contribution in [3.63, 3.8) is 0 Å². The van der Waals surface area contributed by atoms with E-state index < -0.39 is 0 Å². The van der Waals surface area contributed by atoms with Crippen molar-refractivity contribution in [3.05, 3.63) is 52.4 Å².